The lowest BCUT2D eigenvalue weighted by molar-refractivity contribution is -0.111. The van der Waals surface area contributed by atoms with Gasteiger partial charge in [0, 0.05) is 36.1 Å². The van der Waals surface area contributed by atoms with Crippen molar-refractivity contribution in [2.24, 2.45) is 0 Å². The van der Waals surface area contributed by atoms with Gasteiger partial charge in [-0.2, -0.15) is 5.10 Å². The van der Waals surface area contributed by atoms with Crippen LogP contribution in [0.5, 0.6) is 0 Å². The zero-order chi connectivity index (χ0) is 25.1. The minimum atomic E-state index is -0.404. The molecule has 4 aromatic rings. The molecule has 2 heterocycles. The van der Waals surface area contributed by atoms with E-state index in [9.17, 15) is 9.59 Å². The maximum atomic E-state index is 12.7. The molecule has 0 unspecified atom stereocenters. The number of hydrogen-bond donors (Lipinski definition) is 1. The monoisotopic (exact) mass is 473 g/mol. The lowest BCUT2D eigenvalue weighted by Gasteiger charge is -2.09. The highest BCUT2D eigenvalue weighted by molar-refractivity contribution is 6.02. The zero-order valence-electron chi connectivity index (χ0n) is 20.8. The van der Waals surface area contributed by atoms with Crippen LogP contribution in [0.1, 0.15) is 28.1 Å². The average Bonchev–Trinajstić information content (AvgIpc) is 3.26. The van der Waals surface area contributed by atoms with Gasteiger partial charge in [0.25, 0.3) is 0 Å². The maximum absolute atomic E-state index is 12.7. The third-order valence-electron chi connectivity index (χ3n) is 6.00. The lowest BCUT2D eigenvalue weighted by Crippen LogP contribution is -2.23. The molecule has 2 aromatic heterocycles. The Morgan fingerprint density at radius 1 is 1.11 bits per heavy atom. The van der Waals surface area contributed by atoms with Gasteiger partial charge in [0.1, 0.15) is 0 Å². The van der Waals surface area contributed by atoms with E-state index < -0.39 is 5.76 Å². The summed E-state index contributed by atoms with van der Waals surface area (Å²) in [6.45, 7) is 7.89. The molecule has 0 saturated carbocycles. The second kappa shape index (κ2) is 10.1. The number of oxazole rings is 1. The minimum Gasteiger partial charge on any atom is -0.408 e. The Bertz CT molecular complexity index is 1440. The number of carbonyl (C=O) groups excluding carboxylic acids is 1. The molecule has 8 nitrogen and oxygen atoms in total. The van der Waals surface area contributed by atoms with Crippen molar-refractivity contribution in [2.45, 2.75) is 33.9 Å². The molecule has 0 saturated heterocycles. The van der Waals surface area contributed by atoms with Crippen molar-refractivity contribution in [1.29, 1.82) is 0 Å². The number of amides is 1. The SMILES string of the molecule is Cc1ccc(Cn2nc(C)c(/C=C/C(=O)Nc3ccc4oc(=O)n(CCN(C)C)c4c3)c2C)cc1. The van der Waals surface area contributed by atoms with Crippen LogP contribution in [-0.4, -0.2) is 45.8 Å². The minimum absolute atomic E-state index is 0.264. The Labute approximate surface area is 204 Å². The molecular weight excluding hydrogens is 442 g/mol. The molecule has 0 fully saturated rings. The Morgan fingerprint density at radius 3 is 2.57 bits per heavy atom. The molecule has 2 aromatic carbocycles. The molecule has 1 amide bonds. The van der Waals surface area contributed by atoms with Gasteiger partial charge < -0.3 is 14.6 Å². The molecule has 0 atom stereocenters. The van der Waals surface area contributed by atoms with Gasteiger partial charge >= 0.3 is 5.76 Å². The van der Waals surface area contributed by atoms with Crippen LogP contribution in [0.4, 0.5) is 5.69 Å². The first kappa shape index (κ1) is 24.2. The van der Waals surface area contributed by atoms with Crippen molar-refractivity contribution >= 4 is 28.8 Å². The second-order valence-electron chi connectivity index (χ2n) is 9.06. The van der Waals surface area contributed by atoms with Gasteiger partial charge in [-0.3, -0.25) is 14.0 Å². The van der Waals surface area contributed by atoms with E-state index >= 15 is 0 Å². The largest absolute Gasteiger partial charge is 0.419 e. The molecule has 8 heteroatoms. The number of hydrogen-bond acceptors (Lipinski definition) is 5. The molecule has 0 aliphatic rings. The Kier molecular flexibility index (Phi) is 7.02. The molecule has 182 valence electrons. The molecule has 0 spiro atoms. The molecular formula is C27H31N5O3. The van der Waals surface area contributed by atoms with Gasteiger partial charge in [-0.1, -0.05) is 29.8 Å². The summed E-state index contributed by atoms with van der Waals surface area (Å²) in [5, 5.41) is 7.53. The van der Waals surface area contributed by atoms with Crippen LogP contribution in [0.2, 0.25) is 0 Å². The van der Waals surface area contributed by atoms with Crippen LogP contribution in [-0.2, 0) is 17.9 Å². The quantitative estimate of drug-likeness (QED) is 0.391. The number of aryl methyl sites for hydroxylation is 2. The second-order valence-corrected chi connectivity index (χ2v) is 9.06. The molecule has 0 radical (unpaired) electrons. The smallest absolute Gasteiger partial charge is 0.408 e. The summed E-state index contributed by atoms with van der Waals surface area (Å²) >= 11 is 0. The van der Waals surface area contributed by atoms with Gasteiger partial charge in [-0.25, -0.2) is 4.79 Å². The first-order valence-electron chi connectivity index (χ1n) is 11.6. The standard InChI is InChI=1S/C27H31N5O3/c1-18-6-8-21(9-7-18)17-32-20(3)23(19(2)29-32)11-13-26(33)28-22-10-12-25-24(16-22)31(27(34)35-25)15-14-30(4)5/h6-13,16H,14-15,17H2,1-5H3,(H,28,33)/b13-11+. The fraction of sp³-hybridized carbons (Fsp3) is 0.296. The van der Waals surface area contributed by atoms with E-state index in [2.05, 4.69) is 41.6 Å². The van der Waals surface area contributed by atoms with Gasteiger partial charge in [0.2, 0.25) is 5.91 Å². The van der Waals surface area contributed by atoms with Crippen molar-refractivity contribution < 1.29 is 9.21 Å². The highest BCUT2D eigenvalue weighted by atomic mass is 16.4. The van der Waals surface area contributed by atoms with Crippen molar-refractivity contribution in [1.82, 2.24) is 19.2 Å². The van der Waals surface area contributed by atoms with Crippen molar-refractivity contribution in [3.05, 3.63) is 87.2 Å². The maximum Gasteiger partial charge on any atom is 0.419 e. The number of benzene rings is 2. The number of rotatable bonds is 8. The summed E-state index contributed by atoms with van der Waals surface area (Å²) in [6, 6.07) is 13.6. The number of nitrogens with one attached hydrogen (secondary N) is 1. The van der Waals surface area contributed by atoms with Gasteiger partial charge in [0.15, 0.2) is 5.58 Å². The molecule has 0 bridgehead atoms. The summed E-state index contributed by atoms with van der Waals surface area (Å²) in [5.74, 6) is -0.668. The lowest BCUT2D eigenvalue weighted by atomic mass is 10.1. The van der Waals surface area contributed by atoms with E-state index in [1.54, 1.807) is 28.8 Å². The number of anilines is 1. The zero-order valence-corrected chi connectivity index (χ0v) is 20.8. The fourth-order valence-corrected chi connectivity index (χ4v) is 3.97. The van der Waals surface area contributed by atoms with E-state index in [1.165, 1.54) is 17.2 Å². The third-order valence-corrected chi connectivity index (χ3v) is 6.00. The van der Waals surface area contributed by atoms with Crippen LogP contribution < -0.4 is 11.1 Å². The molecule has 1 N–H and O–H groups in total. The van der Waals surface area contributed by atoms with Crippen molar-refractivity contribution in [3.63, 3.8) is 0 Å². The number of fused-ring (bicyclic) bond motifs is 1. The van der Waals surface area contributed by atoms with Crippen molar-refractivity contribution in [3.8, 4) is 0 Å². The fourth-order valence-electron chi connectivity index (χ4n) is 3.97. The molecule has 35 heavy (non-hydrogen) atoms. The van der Waals surface area contributed by atoms with Crippen LogP contribution in [0.3, 0.4) is 0 Å². The summed E-state index contributed by atoms with van der Waals surface area (Å²) < 4.78 is 8.86. The number of carbonyl (C=O) groups is 1. The van der Waals surface area contributed by atoms with Crippen LogP contribution >= 0.6 is 0 Å². The highest BCUT2D eigenvalue weighted by Gasteiger charge is 2.12. The summed E-state index contributed by atoms with van der Waals surface area (Å²) in [6.07, 6.45) is 3.30. The number of likely N-dealkylation sites (N-methyl/N-ethyl adjacent to an activating group) is 1. The number of nitrogens with zero attached hydrogens (tertiary/aromatic N) is 4. The van der Waals surface area contributed by atoms with E-state index in [0.717, 1.165) is 17.0 Å². The predicted octanol–water partition coefficient (Wildman–Crippen LogP) is 3.98. The van der Waals surface area contributed by atoms with Crippen LogP contribution in [0, 0.1) is 20.8 Å². The normalized spacial score (nSPS) is 11.7. The van der Waals surface area contributed by atoms with E-state index in [4.69, 9.17) is 4.42 Å². The summed E-state index contributed by atoms with van der Waals surface area (Å²) in [4.78, 5) is 26.9. The Hall–Kier alpha value is -3.91. The molecule has 0 aliphatic heterocycles. The average molecular weight is 474 g/mol. The highest BCUT2D eigenvalue weighted by Crippen LogP contribution is 2.20. The van der Waals surface area contributed by atoms with E-state index in [1.807, 2.05) is 37.5 Å². The van der Waals surface area contributed by atoms with Gasteiger partial charge in [-0.05, 0) is 64.7 Å². The molecule has 0 aliphatic carbocycles. The van der Waals surface area contributed by atoms with Crippen LogP contribution in [0.15, 0.2) is 57.8 Å². The molecule has 4 rings (SSSR count). The predicted molar refractivity (Wildman–Crippen MR) is 139 cm³/mol. The summed E-state index contributed by atoms with van der Waals surface area (Å²) in [5.41, 5.74) is 6.93. The Balaban J connectivity index is 1.48. The van der Waals surface area contributed by atoms with E-state index in [-0.39, 0.29) is 5.91 Å². The van der Waals surface area contributed by atoms with Crippen molar-refractivity contribution in [2.75, 3.05) is 26.0 Å². The van der Waals surface area contributed by atoms with Gasteiger partial charge in [-0.15, -0.1) is 0 Å². The number of aromatic nitrogens is 3. The summed E-state index contributed by atoms with van der Waals surface area (Å²) in [7, 11) is 3.89. The first-order valence-corrected chi connectivity index (χ1v) is 11.6. The van der Waals surface area contributed by atoms with E-state index in [0.29, 0.717) is 36.4 Å². The first-order chi connectivity index (χ1) is 16.7. The third kappa shape index (κ3) is 5.60. The van der Waals surface area contributed by atoms with Crippen LogP contribution in [0.25, 0.3) is 17.2 Å². The Morgan fingerprint density at radius 2 is 1.86 bits per heavy atom. The van der Waals surface area contributed by atoms with Gasteiger partial charge in [0.05, 0.1) is 17.8 Å². The topological polar surface area (TPSA) is 85.3 Å².